The zero-order valence-corrected chi connectivity index (χ0v) is 8.67. The molecule has 0 bridgehead atoms. The van der Waals surface area contributed by atoms with Crippen LogP contribution in [-0.4, -0.2) is 18.2 Å². The second-order valence-corrected chi connectivity index (χ2v) is 3.22. The normalized spacial score (nSPS) is 9.77. The Bertz CT molecular complexity index is 323. The Hall–Kier alpha value is -0.870. The van der Waals surface area contributed by atoms with Crippen LogP contribution in [0.2, 0.25) is 0 Å². The molecule has 1 aromatic rings. The molecule has 0 fully saturated rings. The van der Waals surface area contributed by atoms with Crippen molar-refractivity contribution in [2.75, 3.05) is 7.11 Å². The molecule has 0 aliphatic heterocycles. The van der Waals surface area contributed by atoms with Crippen LogP contribution in [0.5, 0.6) is 0 Å². The molecule has 1 N–H and O–H groups in total. The van der Waals surface area contributed by atoms with Crippen LogP contribution in [0.3, 0.4) is 0 Å². The van der Waals surface area contributed by atoms with Crippen LogP contribution in [-0.2, 0) is 11.3 Å². The van der Waals surface area contributed by atoms with Gasteiger partial charge in [-0.25, -0.2) is 4.79 Å². The topological polar surface area (TPSA) is 46.5 Å². The zero-order chi connectivity index (χ0) is 9.84. The van der Waals surface area contributed by atoms with Crippen molar-refractivity contribution in [3.8, 4) is 0 Å². The maximum absolute atomic E-state index is 11.2. The molecular weight excluding hydrogens is 236 g/mol. The monoisotopic (exact) mass is 244 g/mol. The molecule has 0 saturated carbocycles. The number of esters is 1. The largest absolute Gasteiger partial charge is 0.465 e. The number of benzene rings is 1. The van der Waals surface area contributed by atoms with E-state index < -0.39 is 5.97 Å². The van der Waals surface area contributed by atoms with Gasteiger partial charge in [-0.1, -0.05) is 12.1 Å². The van der Waals surface area contributed by atoms with Crippen LogP contribution < -0.4 is 0 Å². The summed E-state index contributed by atoms with van der Waals surface area (Å²) in [6, 6.07) is 5.06. The molecule has 0 amide bonds. The Morgan fingerprint density at radius 3 is 2.85 bits per heavy atom. The highest BCUT2D eigenvalue weighted by molar-refractivity contribution is 9.10. The highest BCUT2D eigenvalue weighted by Gasteiger charge is 2.11. The second-order valence-electron chi connectivity index (χ2n) is 2.43. The average molecular weight is 245 g/mol. The van der Waals surface area contributed by atoms with Gasteiger partial charge in [0, 0.05) is 4.47 Å². The third-order valence-corrected chi connectivity index (χ3v) is 2.59. The Morgan fingerprint density at radius 2 is 2.31 bits per heavy atom. The van der Waals surface area contributed by atoms with Gasteiger partial charge in [0.15, 0.2) is 0 Å². The Morgan fingerprint density at radius 1 is 1.62 bits per heavy atom. The summed E-state index contributed by atoms with van der Waals surface area (Å²) in [5.41, 5.74) is 1.09. The highest BCUT2D eigenvalue weighted by Crippen LogP contribution is 2.22. The fraction of sp³-hybridized carbons (Fsp3) is 0.222. The van der Waals surface area contributed by atoms with Gasteiger partial charge >= 0.3 is 5.97 Å². The third-order valence-electron chi connectivity index (χ3n) is 1.65. The summed E-state index contributed by atoms with van der Waals surface area (Å²) in [6.45, 7) is -0.106. The highest BCUT2D eigenvalue weighted by atomic mass is 79.9. The molecule has 0 radical (unpaired) electrons. The van der Waals surface area contributed by atoms with Gasteiger partial charge < -0.3 is 9.84 Å². The molecule has 0 aliphatic carbocycles. The van der Waals surface area contributed by atoms with Crippen molar-refractivity contribution < 1.29 is 14.6 Å². The minimum atomic E-state index is -0.415. The van der Waals surface area contributed by atoms with Crippen molar-refractivity contribution >= 4 is 21.9 Å². The van der Waals surface area contributed by atoms with Gasteiger partial charge in [-0.2, -0.15) is 0 Å². The molecule has 70 valence electrons. The Labute approximate surface area is 84.5 Å². The molecule has 0 unspecified atom stereocenters. The Balaban J connectivity index is 3.15. The number of ether oxygens (including phenoxy) is 1. The van der Waals surface area contributed by atoms with E-state index >= 15 is 0 Å². The van der Waals surface area contributed by atoms with E-state index in [-0.39, 0.29) is 6.61 Å². The third kappa shape index (κ3) is 2.08. The summed E-state index contributed by atoms with van der Waals surface area (Å²) in [6.07, 6.45) is 0. The molecule has 0 saturated heterocycles. The van der Waals surface area contributed by atoms with Gasteiger partial charge in [0.25, 0.3) is 0 Å². The van der Waals surface area contributed by atoms with Crippen LogP contribution in [0, 0.1) is 0 Å². The van der Waals surface area contributed by atoms with Crippen molar-refractivity contribution in [2.45, 2.75) is 6.61 Å². The van der Waals surface area contributed by atoms with Gasteiger partial charge in [-0.15, -0.1) is 0 Å². The first-order valence-electron chi connectivity index (χ1n) is 3.67. The van der Waals surface area contributed by atoms with Gasteiger partial charge in [0.2, 0.25) is 0 Å². The van der Waals surface area contributed by atoms with E-state index in [2.05, 4.69) is 20.7 Å². The Kier molecular flexibility index (Phi) is 3.45. The minimum absolute atomic E-state index is 0.106. The summed E-state index contributed by atoms with van der Waals surface area (Å²) >= 11 is 3.22. The fourth-order valence-electron chi connectivity index (χ4n) is 0.970. The van der Waals surface area contributed by atoms with Crippen molar-refractivity contribution in [3.05, 3.63) is 33.8 Å². The van der Waals surface area contributed by atoms with E-state index in [4.69, 9.17) is 5.11 Å². The molecule has 1 aromatic carbocycles. The lowest BCUT2D eigenvalue weighted by atomic mass is 10.1. The number of carbonyl (C=O) groups is 1. The van der Waals surface area contributed by atoms with E-state index in [1.807, 2.05) is 0 Å². The van der Waals surface area contributed by atoms with Gasteiger partial charge in [-0.05, 0) is 27.6 Å². The first-order chi connectivity index (χ1) is 6.20. The maximum atomic E-state index is 11.2. The molecule has 0 aliphatic rings. The molecule has 0 atom stereocenters. The van der Waals surface area contributed by atoms with Crippen LogP contribution in [0.15, 0.2) is 22.7 Å². The number of carbonyl (C=O) groups excluding carboxylic acids is 1. The van der Waals surface area contributed by atoms with Crippen LogP contribution >= 0.6 is 15.9 Å². The lowest BCUT2D eigenvalue weighted by Crippen LogP contribution is -2.03. The van der Waals surface area contributed by atoms with E-state index in [1.165, 1.54) is 7.11 Å². The lowest BCUT2D eigenvalue weighted by Gasteiger charge is -2.05. The molecule has 13 heavy (non-hydrogen) atoms. The molecule has 0 aromatic heterocycles. The second kappa shape index (κ2) is 4.39. The number of halogens is 1. The van der Waals surface area contributed by atoms with Crippen LogP contribution in [0.1, 0.15) is 15.9 Å². The minimum Gasteiger partial charge on any atom is -0.465 e. The zero-order valence-electron chi connectivity index (χ0n) is 7.08. The van der Waals surface area contributed by atoms with E-state index in [0.717, 1.165) is 0 Å². The molecule has 1 rings (SSSR count). The molecule has 4 heteroatoms. The van der Waals surface area contributed by atoms with Crippen molar-refractivity contribution in [2.24, 2.45) is 0 Å². The number of hydrogen-bond donors (Lipinski definition) is 1. The predicted molar refractivity (Wildman–Crippen MR) is 51.4 cm³/mol. The summed E-state index contributed by atoms with van der Waals surface area (Å²) < 4.78 is 5.15. The molecule has 3 nitrogen and oxygen atoms in total. The van der Waals surface area contributed by atoms with E-state index in [1.54, 1.807) is 18.2 Å². The fourth-order valence-corrected chi connectivity index (χ4v) is 1.52. The van der Waals surface area contributed by atoms with Gasteiger partial charge in [-0.3, -0.25) is 0 Å². The first-order valence-corrected chi connectivity index (χ1v) is 4.46. The molecular formula is C9H9BrO3. The van der Waals surface area contributed by atoms with E-state index in [0.29, 0.717) is 15.6 Å². The SMILES string of the molecule is COC(=O)c1cccc(CO)c1Br. The quantitative estimate of drug-likeness (QED) is 0.807. The maximum Gasteiger partial charge on any atom is 0.339 e. The predicted octanol–water partition coefficient (Wildman–Crippen LogP) is 1.73. The summed E-state index contributed by atoms with van der Waals surface area (Å²) in [5.74, 6) is -0.415. The van der Waals surface area contributed by atoms with Crippen molar-refractivity contribution in [1.29, 1.82) is 0 Å². The summed E-state index contributed by atoms with van der Waals surface area (Å²) in [5, 5.41) is 8.92. The van der Waals surface area contributed by atoms with Crippen LogP contribution in [0.4, 0.5) is 0 Å². The number of rotatable bonds is 2. The van der Waals surface area contributed by atoms with E-state index in [9.17, 15) is 4.79 Å². The number of methoxy groups -OCH3 is 1. The van der Waals surface area contributed by atoms with Crippen molar-refractivity contribution in [1.82, 2.24) is 0 Å². The average Bonchev–Trinajstić information content (AvgIpc) is 2.17. The number of hydrogen-bond acceptors (Lipinski definition) is 3. The summed E-state index contributed by atoms with van der Waals surface area (Å²) in [4.78, 5) is 11.2. The first kappa shape index (κ1) is 10.2. The van der Waals surface area contributed by atoms with Gasteiger partial charge in [0.05, 0.1) is 19.3 Å². The molecule has 0 heterocycles. The van der Waals surface area contributed by atoms with Gasteiger partial charge in [0.1, 0.15) is 0 Å². The smallest absolute Gasteiger partial charge is 0.339 e. The van der Waals surface area contributed by atoms with Crippen molar-refractivity contribution in [3.63, 3.8) is 0 Å². The summed E-state index contributed by atoms with van der Waals surface area (Å²) in [7, 11) is 1.32. The van der Waals surface area contributed by atoms with Crippen LogP contribution in [0.25, 0.3) is 0 Å². The number of aliphatic hydroxyl groups excluding tert-OH is 1. The standard InChI is InChI=1S/C9H9BrO3/c1-13-9(12)7-4-2-3-6(5-11)8(7)10/h2-4,11H,5H2,1H3. The number of aliphatic hydroxyl groups is 1. The lowest BCUT2D eigenvalue weighted by molar-refractivity contribution is 0.0599. The molecule has 0 spiro atoms.